The van der Waals surface area contributed by atoms with Crippen LogP contribution in [0.4, 0.5) is 10.5 Å². The number of urea groups is 1. The SMILES string of the molecule is O=C(NC1CN(C(=O)Nc2ccc(-c3ncco3)cc2)C1)C1CCC1. The first kappa shape index (κ1) is 15.7. The highest BCUT2D eigenvalue weighted by Gasteiger charge is 2.34. The number of carbonyl (C=O) groups is 2. The molecule has 1 aliphatic carbocycles. The second-order valence-electron chi connectivity index (χ2n) is 6.58. The van der Waals surface area contributed by atoms with E-state index in [2.05, 4.69) is 15.6 Å². The van der Waals surface area contributed by atoms with Crippen LogP contribution in [0, 0.1) is 5.92 Å². The lowest BCUT2D eigenvalue weighted by Crippen LogP contribution is -2.62. The number of benzene rings is 1. The zero-order chi connectivity index (χ0) is 17.2. The van der Waals surface area contributed by atoms with Crippen molar-refractivity contribution in [3.05, 3.63) is 36.7 Å². The average molecular weight is 340 g/mol. The van der Waals surface area contributed by atoms with Gasteiger partial charge in [-0.3, -0.25) is 4.79 Å². The Balaban J connectivity index is 1.25. The second kappa shape index (κ2) is 6.58. The molecule has 1 aliphatic heterocycles. The lowest BCUT2D eigenvalue weighted by atomic mass is 9.84. The fourth-order valence-electron chi connectivity index (χ4n) is 2.99. The van der Waals surface area contributed by atoms with Crippen molar-refractivity contribution in [2.24, 2.45) is 5.92 Å². The molecule has 2 heterocycles. The zero-order valence-corrected chi connectivity index (χ0v) is 13.8. The highest BCUT2D eigenvalue weighted by molar-refractivity contribution is 5.90. The van der Waals surface area contributed by atoms with Gasteiger partial charge in [0, 0.05) is 30.3 Å². The van der Waals surface area contributed by atoms with Crippen molar-refractivity contribution >= 4 is 17.6 Å². The first-order valence-electron chi connectivity index (χ1n) is 8.55. The summed E-state index contributed by atoms with van der Waals surface area (Å²) in [5.74, 6) is 0.870. The Labute approximate surface area is 145 Å². The van der Waals surface area contributed by atoms with Crippen LogP contribution in [0.5, 0.6) is 0 Å². The van der Waals surface area contributed by atoms with Crippen LogP contribution >= 0.6 is 0 Å². The van der Waals surface area contributed by atoms with E-state index in [-0.39, 0.29) is 23.9 Å². The van der Waals surface area contributed by atoms with Crippen LogP contribution in [0.25, 0.3) is 11.5 Å². The van der Waals surface area contributed by atoms with Crippen LogP contribution in [0.15, 0.2) is 41.1 Å². The van der Waals surface area contributed by atoms with Crippen LogP contribution in [0.1, 0.15) is 19.3 Å². The van der Waals surface area contributed by atoms with Crippen molar-refractivity contribution < 1.29 is 14.0 Å². The fourth-order valence-corrected chi connectivity index (χ4v) is 2.99. The highest BCUT2D eigenvalue weighted by Crippen LogP contribution is 2.27. The minimum atomic E-state index is -0.155. The van der Waals surface area contributed by atoms with Crippen molar-refractivity contribution in [1.29, 1.82) is 0 Å². The lowest BCUT2D eigenvalue weighted by molar-refractivity contribution is -0.129. The average Bonchev–Trinajstić information content (AvgIpc) is 3.03. The monoisotopic (exact) mass is 340 g/mol. The second-order valence-corrected chi connectivity index (χ2v) is 6.58. The Morgan fingerprint density at radius 3 is 2.52 bits per heavy atom. The molecule has 1 saturated heterocycles. The molecule has 1 aromatic heterocycles. The van der Waals surface area contributed by atoms with Gasteiger partial charge in [-0.05, 0) is 37.1 Å². The van der Waals surface area contributed by atoms with Gasteiger partial charge in [0.1, 0.15) is 6.26 Å². The van der Waals surface area contributed by atoms with Crippen molar-refractivity contribution in [3.8, 4) is 11.5 Å². The summed E-state index contributed by atoms with van der Waals surface area (Å²) in [6.45, 7) is 1.11. The van der Waals surface area contributed by atoms with Gasteiger partial charge in [-0.25, -0.2) is 9.78 Å². The zero-order valence-electron chi connectivity index (χ0n) is 13.8. The van der Waals surface area contributed by atoms with Gasteiger partial charge in [0.2, 0.25) is 11.8 Å². The number of carbonyl (C=O) groups excluding carboxylic acids is 2. The number of aromatic nitrogens is 1. The van der Waals surface area contributed by atoms with E-state index >= 15 is 0 Å². The molecular formula is C18H20N4O3. The molecule has 4 rings (SSSR count). The highest BCUT2D eigenvalue weighted by atomic mass is 16.3. The normalized spacial score (nSPS) is 17.5. The molecule has 2 aromatic rings. The number of nitrogens with one attached hydrogen (secondary N) is 2. The van der Waals surface area contributed by atoms with Crippen LogP contribution < -0.4 is 10.6 Å². The van der Waals surface area contributed by atoms with Crippen molar-refractivity contribution in [3.63, 3.8) is 0 Å². The molecule has 1 saturated carbocycles. The van der Waals surface area contributed by atoms with Gasteiger partial charge < -0.3 is 20.0 Å². The van der Waals surface area contributed by atoms with E-state index in [1.807, 2.05) is 24.3 Å². The smallest absolute Gasteiger partial charge is 0.321 e. The van der Waals surface area contributed by atoms with E-state index in [1.165, 1.54) is 6.26 Å². The van der Waals surface area contributed by atoms with Gasteiger partial charge in [-0.15, -0.1) is 0 Å². The molecule has 0 spiro atoms. The van der Waals surface area contributed by atoms with E-state index in [9.17, 15) is 9.59 Å². The predicted octanol–water partition coefficient (Wildman–Crippen LogP) is 2.47. The Morgan fingerprint density at radius 2 is 1.92 bits per heavy atom. The minimum Gasteiger partial charge on any atom is -0.445 e. The number of hydrogen-bond acceptors (Lipinski definition) is 4. The number of anilines is 1. The number of amides is 3. The van der Waals surface area contributed by atoms with E-state index in [0.717, 1.165) is 24.8 Å². The number of hydrogen-bond donors (Lipinski definition) is 2. The number of likely N-dealkylation sites (tertiary alicyclic amines) is 1. The summed E-state index contributed by atoms with van der Waals surface area (Å²) in [5, 5.41) is 5.87. The van der Waals surface area contributed by atoms with E-state index in [1.54, 1.807) is 11.1 Å². The molecule has 0 atom stereocenters. The van der Waals surface area contributed by atoms with Crippen LogP contribution in [-0.2, 0) is 4.79 Å². The number of oxazole rings is 1. The quantitative estimate of drug-likeness (QED) is 0.895. The summed E-state index contributed by atoms with van der Waals surface area (Å²) < 4.78 is 5.24. The lowest BCUT2D eigenvalue weighted by Gasteiger charge is -2.40. The van der Waals surface area contributed by atoms with Gasteiger partial charge in [0.15, 0.2) is 0 Å². The van der Waals surface area contributed by atoms with Gasteiger partial charge in [-0.2, -0.15) is 0 Å². The third kappa shape index (κ3) is 3.35. The molecule has 0 unspecified atom stereocenters. The third-order valence-corrected chi connectivity index (χ3v) is 4.81. The molecule has 130 valence electrons. The standard InChI is InChI=1S/C18H20N4O3/c23-16(12-2-1-3-12)20-15-10-22(11-15)18(24)21-14-6-4-13(5-7-14)17-19-8-9-25-17/h4-9,12,15H,1-3,10-11H2,(H,20,23)(H,21,24). The van der Waals surface area contributed by atoms with Crippen LogP contribution in [-0.4, -0.2) is 41.0 Å². The Hall–Kier alpha value is -2.83. The fraction of sp³-hybridized carbons (Fsp3) is 0.389. The summed E-state index contributed by atoms with van der Waals surface area (Å²) in [6, 6.07) is 7.24. The molecular weight excluding hydrogens is 320 g/mol. The van der Waals surface area contributed by atoms with E-state index < -0.39 is 0 Å². The van der Waals surface area contributed by atoms with Crippen molar-refractivity contribution in [1.82, 2.24) is 15.2 Å². The molecule has 0 bridgehead atoms. The first-order valence-corrected chi connectivity index (χ1v) is 8.55. The summed E-state index contributed by atoms with van der Waals surface area (Å²) in [5.41, 5.74) is 1.56. The molecule has 7 nitrogen and oxygen atoms in total. The Kier molecular flexibility index (Phi) is 4.13. The van der Waals surface area contributed by atoms with Crippen LogP contribution in [0.2, 0.25) is 0 Å². The molecule has 2 fully saturated rings. The minimum absolute atomic E-state index is 0.0752. The molecule has 2 N–H and O–H groups in total. The maximum Gasteiger partial charge on any atom is 0.321 e. The Bertz CT molecular complexity index is 747. The van der Waals surface area contributed by atoms with E-state index in [4.69, 9.17) is 4.42 Å². The Morgan fingerprint density at radius 1 is 1.16 bits per heavy atom. The molecule has 0 radical (unpaired) electrons. The molecule has 25 heavy (non-hydrogen) atoms. The molecule has 2 aliphatic rings. The molecule has 7 heteroatoms. The predicted molar refractivity (Wildman–Crippen MR) is 91.8 cm³/mol. The largest absolute Gasteiger partial charge is 0.445 e. The van der Waals surface area contributed by atoms with E-state index in [0.29, 0.717) is 24.7 Å². The number of rotatable bonds is 4. The van der Waals surface area contributed by atoms with Crippen molar-refractivity contribution in [2.45, 2.75) is 25.3 Å². The number of nitrogens with zero attached hydrogens (tertiary/aromatic N) is 2. The summed E-state index contributed by atoms with van der Waals surface area (Å²) in [4.78, 5) is 29.9. The maximum absolute atomic E-state index is 12.2. The van der Waals surface area contributed by atoms with Crippen LogP contribution in [0.3, 0.4) is 0 Å². The van der Waals surface area contributed by atoms with Gasteiger partial charge in [0.05, 0.1) is 12.2 Å². The first-order chi connectivity index (χ1) is 12.2. The third-order valence-electron chi connectivity index (χ3n) is 4.81. The van der Waals surface area contributed by atoms with Gasteiger partial charge in [-0.1, -0.05) is 6.42 Å². The van der Waals surface area contributed by atoms with Gasteiger partial charge >= 0.3 is 6.03 Å². The topological polar surface area (TPSA) is 87.5 Å². The van der Waals surface area contributed by atoms with Gasteiger partial charge in [0.25, 0.3) is 0 Å². The molecule has 3 amide bonds. The van der Waals surface area contributed by atoms with Crippen molar-refractivity contribution in [2.75, 3.05) is 18.4 Å². The molecule has 1 aromatic carbocycles. The maximum atomic E-state index is 12.2. The summed E-state index contributed by atoms with van der Waals surface area (Å²) in [7, 11) is 0. The summed E-state index contributed by atoms with van der Waals surface area (Å²) in [6.07, 6.45) is 6.24. The summed E-state index contributed by atoms with van der Waals surface area (Å²) >= 11 is 0.